The molecule has 0 aromatic rings. The molecule has 0 amide bonds. The third-order valence-corrected chi connectivity index (χ3v) is 3.89. The molecule has 1 radical (unpaired) electrons. The summed E-state index contributed by atoms with van der Waals surface area (Å²) in [6.45, 7) is 6.95. The third kappa shape index (κ3) is 14.1. The average Bonchev–Trinajstić information content (AvgIpc) is 2.38. The summed E-state index contributed by atoms with van der Waals surface area (Å²) in [7, 11) is 0. The smallest absolute Gasteiger partial charge is 0.0358 e. The summed E-state index contributed by atoms with van der Waals surface area (Å²) in [5, 5.41) is 0. The van der Waals surface area contributed by atoms with Crippen LogP contribution in [0.4, 0.5) is 0 Å². The highest BCUT2D eigenvalue weighted by molar-refractivity contribution is 4.72. The SMILES string of the molecule is CCCCCCCCCCC[CH]C(C)CCCC. The standard InChI is InChI=1S/C18H37/c1-4-6-8-9-10-11-12-13-14-15-17-18(3)16-7-5-2/h17-18H,4-16H2,1-3H3. The van der Waals surface area contributed by atoms with Gasteiger partial charge in [0.05, 0.1) is 0 Å². The van der Waals surface area contributed by atoms with Gasteiger partial charge in [0.25, 0.3) is 0 Å². The van der Waals surface area contributed by atoms with Crippen LogP contribution in [0.25, 0.3) is 0 Å². The minimum Gasteiger partial charge on any atom is -0.0654 e. The van der Waals surface area contributed by atoms with Crippen molar-refractivity contribution in [3.63, 3.8) is 0 Å². The first-order chi connectivity index (χ1) is 8.81. The zero-order valence-electron chi connectivity index (χ0n) is 13.3. The Bertz CT molecular complexity index is 139. The highest BCUT2D eigenvalue weighted by Crippen LogP contribution is 2.16. The summed E-state index contributed by atoms with van der Waals surface area (Å²) < 4.78 is 0. The topological polar surface area (TPSA) is 0 Å². The van der Waals surface area contributed by atoms with Crippen LogP contribution < -0.4 is 0 Å². The van der Waals surface area contributed by atoms with E-state index in [0.717, 1.165) is 5.92 Å². The van der Waals surface area contributed by atoms with Crippen LogP contribution in [0.5, 0.6) is 0 Å². The molecule has 0 rings (SSSR count). The van der Waals surface area contributed by atoms with Crippen LogP contribution in [0.2, 0.25) is 0 Å². The Kier molecular flexibility index (Phi) is 15.1. The van der Waals surface area contributed by atoms with Gasteiger partial charge >= 0.3 is 0 Å². The Balaban J connectivity index is 3.02. The Morgan fingerprint density at radius 2 is 1.17 bits per heavy atom. The monoisotopic (exact) mass is 253 g/mol. The highest BCUT2D eigenvalue weighted by atomic mass is 14.1. The van der Waals surface area contributed by atoms with Gasteiger partial charge in [0.1, 0.15) is 0 Å². The summed E-state index contributed by atoms with van der Waals surface area (Å²) >= 11 is 0. The maximum atomic E-state index is 2.55. The van der Waals surface area contributed by atoms with E-state index in [9.17, 15) is 0 Å². The summed E-state index contributed by atoms with van der Waals surface area (Å²) in [6.07, 6.45) is 21.0. The minimum absolute atomic E-state index is 0.846. The molecule has 0 spiro atoms. The molecule has 0 heterocycles. The summed E-state index contributed by atoms with van der Waals surface area (Å²) in [6, 6.07) is 0. The lowest BCUT2D eigenvalue weighted by Crippen LogP contribution is -1.95. The lowest BCUT2D eigenvalue weighted by molar-refractivity contribution is 0.523. The van der Waals surface area contributed by atoms with Gasteiger partial charge in [-0.3, -0.25) is 0 Å². The van der Waals surface area contributed by atoms with Crippen molar-refractivity contribution in [1.82, 2.24) is 0 Å². The van der Waals surface area contributed by atoms with Gasteiger partial charge in [-0.25, -0.2) is 0 Å². The summed E-state index contributed by atoms with van der Waals surface area (Å²) in [5.41, 5.74) is 0. The van der Waals surface area contributed by atoms with E-state index in [0.29, 0.717) is 0 Å². The first-order valence-electron chi connectivity index (χ1n) is 8.64. The minimum atomic E-state index is 0.846. The lowest BCUT2D eigenvalue weighted by atomic mass is 9.97. The van der Waals surface area contributed by atoms with Crippen molar-refractivity contribution in [2.45, 2.75) is 104 Å². The largest absolute Gasteiger partial charge is 0.0654 e. The number of hydrogen-bond acceptors (Lipinski definition) is 0. The van der Waals surface area contributed by atoms with Gasteiger partial charge in [-0.15, -0.1) is 0 Å². The molecule has 0 fully saturated rings. The third-order valence-electron chi connectivity index (χ3n) is 3.89. The molecule has 0 aliphatic carbocycles. The second kappa shape index (κ2) is 15.1. The Hall–Kier alpha value is 0. The van der Waals surface area contributed by atoms with Gasteiger partial charge in [0.2, 0.25) is 0 Å². The summed E-state index contributed by atoms with van der Waals surface area (Å²) in [5.74, 6) is 0.846. The zero-order chi connectivity index (χ0) is 13.5. The van der Waals surface area contributed by atoms with Crippen LogP contribution in [0.1, 0.15) is 104 Å². The van der Waals surface area contributed by atoms with Gasteiger partial charge < -0.3 is 0 Å². The molecular weight excluding hydrogens is 216 g/mol. The molecule has 0 nitrogen and oxygen atoms in total. The number of rotatable bonds is 14. The van der Waals surface area contributed by atoms with Crippen LogP contribution in [0.3, 0.4) is 0 Å². The van der Waals surface area contributed by atoms with E-state index in [1.807, 2.05) is 0 Å². The van der Waals surface area contributed by atoms with E-state index in [2.05, 4.69) is 27.2 Å². The van der Waals surface area contributed by atoms with Crippen molar-refractivity contribution in [3.05, 3.63) is 6.42 Å². The van der Waals surface area contributed by atoms with Gasteiger partial charge in [-0.1, -0.05) is 97.8 Å². The van der Waals surface area contributed by atoms with Crippen LogP contribution in [-0.2, 0) is 0 Å². The molecule has 109 valence electrons. The molecule has 0 aliphatic rings. The number of hydrogen-bond donors (Lipinski definition) is 0. The molecule has 0 aromatic carbocycles. The molecule has 0 bridgehead atoms. The molecule has 0 aromatic heterocycles. The van der Waals surface area contributed by atoms with Crippen LogP contribution >= 0.6 is 0 Å². The predicted molar refractivity (Wildman–Crippen MR) is 84.8 cm³/mol. The molecule has 0 N–H and O–H groups in total. The molecule has 0 saturated heterocycles. The van der Waals surface area contributed by atoms with E-state index >= 15 is 0 Å². The van der Waals surface area contributed by atoms with E-state index in [4.69, 9.17) is 0 Å². The van der Waals surface area contributed by atoms with Gasteiger partial charge in [-0.05, 0) is 18.8 Å². The van der Waals surface area contributed by atoms with E-state index in [-0.39, 0.29) is 0 Å². The lowest BCUT2D eigenvalue weighted by Gasteiger charge is -2.09. The first-order valence-corrected chi connectivity index (χ1v) is 8.64. The molecule has 0 saturated carbocycles. The maximum Gasteiger partial charge on any atom is -0.0358 e. The van der Waals surface area contributed by atoms with Gasteiger partial charge in [0, 0.05) is 0 Å². The zero-order valence-corrected chi connectivity index (χ0v) is 13.3. The normalized spacial score (nSPS) is 12.8. The molecule has 0 aliphatic heterocycles. The van der Waals surface area contributed by atoms with Crippen molar-refractivity contribution in [3.8, 4) is 0 Å². The van der Waals surface area contributed by atoms with E-state index in [1.54, 1.807) is 0 Å². The molecule has 0 heteroatoms. The van der Waals surface area contributed by atoms with Gasteiger partial charge in [0.15, 0.2) is 0 Å². The second-order valence-electron chi connectivity index (χ2n) is 5.97. The van der Waals surface area contributed by atoms with Crippen molar-refractivity contribution >= 4 is 0 Å². The predicted octanol–water partition coefficient (Wildman–Crippen LogP) is 6.94. The molecular formula is C18H37. The van der Waals surface area contributed by atoms with E-state index < -0.39 is 0 Å². The Morgan fingerprint density at radius 1 is 0.667 bits per heavy atom. The molecule has 18 heavy (non-hydrogen) atoms. The fourth-order valence-corrected chi connectivity index (χ4v) is 2.50. The van der Waals surface area contributed by atoms with Crippen LogP contribution in [0.15, 0.2) is 0 Å². The first kappa shape index (κ1) is 18.0. The van der Waals surface area contributed by atoms with Gasteiger partial charge in [-0.2, -0.15) is 0 Å². The van der Waals surface area contributed by atoms with Crippen LogP contribution in [-0.4, -0.2) is 0 Å². The van der Waals surface area contributed by atoms with Crippen molar-refractivity contribution in [2.24, 2.45) is 5.92 Å². The second-order valence-corrected chi connectivity index (χ2v) is 5.97. The molecule has 1 unspecified atom stereocenters. The Labute approximate surface area is 117 Å². The van der Waals surface area contributed by atoms with Crippen molar-refractivity contribution < 1.29 is 0 Å². The van der Waals surface area contributed by atoms with Crippen molar-refractivity contribution in [2.75, 3.05) is 0 Å². The van der Waals surface area contributed by atoms with E-state index in [1.165, 1.54) is 83.5 Å². The number of unbranched alkanes of at least 4 members (excludes halogenated alkanes) is 10. The fourth-order valence-electron chi connectivity index (χ4n) is 2.50. The molecule has 1 atom stereocenters. The maximum absolute atomic E-state index is 2.55. The fraction of sp³-hybridized carbons (Fsp3) is 0.944. The Morgan fingerprint density at radius 3 is 1.72 bits per heavy atom. The van der Waals surface area contributed by atoms with Crippen molar-refractivity contribution in [1.29, 1.82) is 0 Å². The quantitative estimate of drug-likeness (QED) is 0.294. The summed E-state index contributed by atoms with van der Waals surface area (Å²) in [4.78, 5) is 0. The van der Waals surface area contributed by atoms with Crippen LogP contribution in [0, 0.1) is 12.3 Å². The average molecular weight is 253 g/mol. The highest BCUT2D eigenvalue weighted by Gasteiger charge is 2.01.